The number of nitrogens with zero attached hydrogens (tertiary/aromatic N) is 2. The summed E-state index contributed by atoms with van der Waals surface area (Å²) < 4.78 is 2.27. The summed E-state index contributed by atoms with van der Waals surface area (Å²) in [6.45, 7) is 5.59. The summed E-state index contributed by atoms with van der Waals surface area (Å²) in [5.74, 6) is -1.33. The van der Waals surface area contributed by atoms with Crippen molar-refractivity contribution in [3.63, 3.8) is 0 Å². The largest absolute Gasteiger partial charge is 0.476 e. The van der Waals surface area contributed by atoms with Crippen LogP contribution in [0.2, 0.25) is 0 Å². The highest BCUT2D eigenvalue weighted by Gasteiger charge is 2.16. The maximum Gasteiger partial charge on any atom is 0.360 e. The molecule has 0 aliphatic carbocycles. The van der Waals surface area contributed by atoms with Gasteiger partial charge in [-0.1, -0.05) is 6.07 Å². The number of benzene rings is 1. The Kier molecular flexibility index (Phi) is 3.76. The molecule has 0 radical (unpaired) electrons. The Labute approximate surface area is 124 Å². The minimum absolute atomic E-state index is 0.484. The molecule has 0 unspecified atom stereocenters. The molecule has 0 amide bonds. The number of hydrogen-bond donors (Lipinski definition) is 1. The van der Waals surface area contributed by atoms with Crippen LogP contribution in [-0.4, -0.2) is 20.9 Å². The molecule has 0 spiro atoms. The molecule has 0 aliphatic heterocycles. The molecule has 0 saturated carbocycles. The molecule has 1 heterocycles. The standard InChI is InChI=1S/C14H13BrN2O3/c1-7-4-8(2)13(10(15)5-7)17-9(3)6-11(18)12(16-17)14(19)20/h4-6H,1-3H3,(H,19,20). The Morgan fingerprint density at radius 1 is 1.25 bits per heavy atom. The van der Waals surface area contributed by atoms with E-state index in [1.54, 1.807) is 6.92 Å². The van der Waals surface area contributed by atoms with Gasteiger partial charge in [0.05, 0.1) is 5.69 Å². The Balaban J connectivity index is 2.80. The van der Waals surface area contributed by atoms with Gasteiger partial charge in [-0.3, -0.25) is 4.79 Å². The fourth-order valence-corrected chi connectivity index (χ4v) is 2.94. The second-order valence-corrected chi connectivity index (χ2v) is 5.48. The second-order valence-electron chi connectivity index (χ2n) is 4.63. The Morgan fingerprint density at radius 2 is 1.90 bits per heavy atom. The predicted octanol–water partition coefficient (Wildman–Crippen LogP) is 2.62. The van der Waals surface area contributed by atoms with Gasteiger partial charge in [0.15, 0.2) is 0 Å². The fraction of sp³-hybridized carbons (Fsp3) is 0.214. The highest BCUT2D eigenvalue weighted by molar-refractivity contribution is 9.10. The number of aromatic nitrogens is 2. The van der Waals surface area contributed by atoms with Crippen LogP contribution < -0.4 is 5.43 Å². The van der Waals surface area contributed by atoms with Crippen LogP contribution in [-0.2, 0) is 0 Å². The van der Waals surface area contributed by atoms with Crippen molar-refractivity contribution in [1.82, 2.24) is 9.78 Å². The molecule has 6 heteroatoms. The number of carbonyl (C=O) groups is 1. The van der Waals surface area contributed by atoms with E-state index in [4.69, 9.17) is 5.11 Å². The van der Waals surface area contributed by atoms with E-state index < -0.39 is 17.1 Å². The smallest absolute Gasteiger partial charge is 0.360 e. The van der Waals surface area contributed by atoms with Crippen molar-refractivity contribution in [3.05, 3.63) is 55.4 Å². The number of halogens is 1. The van der Waals surface area contributed by atoms with Crippen molar-refractivity contribution in [2.45, 2.75) is 20.8 Å². The van der Waals surface area contributed by atoms with Crippen molar-refractivity contribution < 1.29 is 9.90 Å². The summed E-state index contributed by atoms with van der Waals surface area (Å²) in [5.41, 5.74) is 2.25. The van der Waals surface area contributed by atoms with Crippen LogP contribution in [0, 0.1) is 20.8 Å². The van der Waals surface area contributed by atoms with Crippen molar-refractivity contribution in [3.8, 4) is 5.69 Å². The monoisotopic (exact) mass is 336 g/mol. The van der Waals surface area contributed by atoms with Crippen LogP contribution >= 0.6 is 15.9 Å². The van der Waals surface area contributed by atoms with E-state index in [2.05, 4.69) is 21.0 Å². The molecule has 0 atom stereocenters. The normalized spacial score (nSPS) is 10.6. The summed E-state index contributed by atoms with van der Waals surface area (Å²) in [7, 11) is 0. The molecule has 1 aromatic carbocycles. The first-order valence-corrected chi connectivity index (χ1v) is 6.72. The molecule has 0 bridgehead atoms. The average Bonchev–Trinajstić information content (AvgIpc) is 2.29. The lowest BCUT2D eigenvalue weighted by Crippen LogP contribution is -2.23. The van der Waals surface area contributed by atoms with Gasteiger partial charge in [0, 0.05) is 16.2 Å². The first-order valence-electron chi connectivity index (χ1n) is 5.92. The molecule has 20 heavy (non-hydrogen) atoms. The molecule has 5 nitrogen and oxygen atoms in total. The van der Waals surface area contributed by atoms with Crippen molar-refractivity contribution in [2.24, 2.45) is 0 Å². The lowest BCUT2D eigenvalue weighted by Gasteiger charge is -2.15. The fourth-order valence-electron chi connectivity index (χ4n) is 2.10. The molecule has 2 rings (SSSR count). The lowest BCUT2D eigenvalue weighted by molar-refractivity contribution is 0.0686. The SMILES string of the molecule is Cc1cc(C)c(-n2nc(C(=O)O)c(=O)cc2C)c(Br)c1. The summed E-state index contributed by atoms with van der Waals surface area (Å²) in [5, 5.41) is 13.0. The van der Waals surface area contributed by atoms with Gasteiger partial charge in [0.1, 0.15) is 0 Å². The Morgan fingerprint density at radius 3 is 2.45 bits per heavy atom. The molecule has 0 saturated heterocycles. The summed E-state index contributed by atoms with van der Waals surface area (Å²) in [4.78, 5) is 22.7. The van der Waals surface area contributed by atoms with E-state index in [1.165, 1.54) is 10.7 Å². The van der Waals surface area contributed by atoms with Gasteiger partial charge in [0.25, 0.3) is 0 Å². The molecule has 0 aliphatic rings. The zero-order valence-corrected chi connectivity index (χ0v) is 12.9. The minimum atomic E-state index is -1.33. The maximum absolute atomic E-state index is 11.6. The van der Waals surface area contributed by atoms with Gasteiger partial charge < -0.3 is 5.11 Å². The first kappa shape index (κ1) is 14.5. The maximum atomic E-state index is 11.6. The van der Waals surface area contributed by atoms with E-state index in [-0.39, 0.29) is 0 Å². The Hall–Kier alpha value is -1.95. The zero-order chi connectivity index (χ0) is 15.0. The quantitative estimate of drug-likeness (QED) is 0.914. The van der Waals surface area contributed by atoms with Gasteiger partial charge in [0.2, 0.25) is 11.1 Å². The molecule has 104 valence electrons. The van der Waals surface area contributed by atoms with E-state index in [0.717, 1.165) is 21.3 Å². The molecule has 0 fully saturated rings. The van der Waals surface area contributed by atoms with Crippen molar-refractivity contribution >= 4 is 21.9 Å². The number of rotatable bonds is 2. The number of carboxylic acids is 1. The van der Waals surface area contributed by atoms with Gasteiger partial charge in [-0.2, -0.15) is 5.10 Å². The first-order chi connectivity index (χ1) is 9.31. The third-order valence-corrected chi connectivity index (χ3v) is 3.52. The summed E-state index contributed by atoms with van der Waals surface area (Å²) in [6, 6.07) is 5.17. The highest BCUT2D eigenvalue weighted by Crippen LogP contribution is 2.26. The van der Waals surface area contributed by atoms with E-state index >= 15 is 0 Å². The average molecular weight is 337 g/mol. The van der Waals surface area contributed by atoms with Crippen LogP contribution in [0.4, 0.5) is 0 Å². The van der Waals surface area contributed by atoms with E-state index in [1.807, 2.05) is 26.0 Å². The van der Waals surface area contributed by atoms with Crippen molar-refractivity contribution in [1.29, 1.82) is 0 Å². The number of hydrogen-bond acceptors (Lipinski definition) is 3. The van der Waals surface area contributed by atoms with Gasteiger partial charge >= 0.3 is 5.97 Å². The topological polar surface area (TPSA) is 72.2 Å². The van der Waals surface area contributed by atoms with Crippen LogP contribution in [0.15, 0.2) is 27.5 Å². The van der Waals surface area contributed by atoms with Crippen molar-refractivity contribution in [2.75, 3.05) is 0 Å². The molecule has 1 N–H and O–H groups in total. The molecule has 2 aromatic rings. The number of aromatic carboxylic acids is 1. The molecular formula is C14H13BrN2O3. The summed E-state index contributed by atoms with van der Waals surface area (Å²) >= 11 is 3.46. The van der Waals surface area contributed by atoms with E-state index in [0.29, 0.717) is 5.69 Å². The van der Waals surface area contributed by atoms with Gasteiger partial charge in [-0.05, 0) is 53.9 Å². The minimum Gasteiger partial charge on any atom is -0.476 e. The van der Waals surface area contributed by atoms with Crippen LogP contribution in [0.1, 0.15) is 27.3 Å². The predicted molar refractivity (Wildman–Crippen MR) is 78.7 cm³/mol. The van der Waals surface area contributed by atoms with Crippen LogP contribution in [0.3, 0.4) is 0 Å². The third kappa shape index (κ3) is 2.51. The lowest BCUT2D eigenvalue weighted by atomic mass is 10.1. The highest BCUT2D eigenvalue weighted by atomic mass is 79.9. The van der Waals surface area contributed by atoms with Crippen LogP contribution in [0.5, 0.6) is 0 Å². The molecule has 1 aromatic heterocycles. The number of aryl methyl sites for hydroxylation is 3. The van der Waals surface area contributed by atoms with E-state index in [9.17, 15) is 9.59 Å². The van der Waals surface area contributed by atoms with Gasteiger partial charge in [-0.25, -0.2) is 9.48 Å². The summed E-state index contributed by atoms with van der Waals surface area (Å²) in [6.07, 6.45) is 0. The second kappa shape index (κ2) is 5.20. The zero-order valence-electron chi connectivity index (χ0n) is 11.3. The molecular weight excluding hydrogens is 324 g/mol. The number of carboxylic acid groups (broad SMARTS) is 1. The van der Waals surface area contributed by atoms with Crippen LogP contribution in [0.25, 0.3) is 5.69 Å². The third-order valence-electron chi connectivity index (χ3n) is 2.92. The van der Waals surface area contributed by atoms with Gasteiger partial charge in [-0.15, -0.1) is 0 Å². The Bertz CT molecular complexity index is 742.